The third-order valence-corrected chi connectivity index (χ3v) is 2.69. The van der Waals surface area contributed by atoms with Crippen LogP contribution in [-0.2, 0) is 23.2 Å². The molecule has 0 aliphatic rings. The van der Waals surface area contributed by atoms with Gasteiger partial charge in [0, 0.05) is 0 Å². The molecule has 0 fully saturated rings. The first kappa shape index (κ1) is 13.0. The highest BCUT2D eigenvalue weighted by Gasteiger charge is 2.21. The number of hydrogen-bond acceptors (Lipinski definition) is 3. The monoisotopic (exact) mass is 247 g/mol. The highest BCUT2D eigenvalue weighted by Crippen LogP contribution is 2.08. The van der Waals surface area contributed by atoms with E-state index in [4.69, 9.17) is 4.18 Å². The molecule has 1 aromatic rings. The molecule has 5 nitrogen and oxygen atoms in total. The van der Waals surface area contributed by atoms with E-state index >= 15 is 0 Å². The van der Waals surface area contributed by atoms with Crippen molar-refractivity contribution in [2.24, 2.45) is 0 Å². The molecule has 0 saturated heterocycles. The summed E-state index contributed by atoms with van der Waals surface area (Å²) in [5.41, 5.74) is 0. The summed E-state index contributed by atoms with van der Waals surface area (Å²) >= 11 is 0. The maximum atomic E-state index is 11.1. The Morgan fingerprint density at radius 3 is 2.62 bits per heavy atom. The Bertz CT molecular complexity index is 437. The van der Waals surface area contributed by atoms with Crippen LogP contribution in [0.15, 0.2) is 12.4 Å². The minimum absolute atomic E-state index is 0.387. The van der Waals surface area contributed by atoms with E-state index in [1.807, 2.05) is 23.9 Å². The number of nitrogens with zero attached hydrogens (tertiary/aromatic N) is 2. The largest absolute Gasteiger partial charge is 0.472 e. The molecule has 6 heteroatoms. The molecular formula is C10H19N2O3S+. The smallest absolute Gasteiger partial charge is 0.308 e. The summed E-state index contributed by atoms with van der Waals surface area (Å²) in [6, 6.07) is 0.387. The van der Waals surface area contributed by atoms with Crippen LogP contribution < -0.4 is 8.75 Å². The molecule has 0 aliphatic carbocycles. The van der Waals surface area contributed by atoms with Gasteiger partial charge in [-0.3, -0.25) is 0 Å². The van der Waals surface area contributed by atoms with Crippen molar-refractivity contribution in [3.05, 3.63) is 12.4 Å². The first-order valence-corrected chi connectivity index (χ1v) is 7.27. The number of rotatable bonds is 6. The number of unbranched alkanes of at least 4 members (excludes halogenated alkanes) is 1. The summed E-state index contributed by atoms with van der Waals surface area (Å²) < 4.78 is 30.9. The summed E-state index contributed by atoms with van der Waals surface area (Å²) in [5, 5.41) is 0. The number of hydrogen-bond donors (Lipinski definition) is 0. The Morgan fingerprint density at radius 1 is 1.44 bits per heavy atom. The van der Waals surface area contributed by atoms with Crippen molar-refractivity contribution < 1.29 is 17.2 Å². The highest BCUT2D eigenvalue weighted by atomic mass is 32.2. The molecule has 0 radical (unpaired) electrons. The minimum Gasteiger partial charge on any atom is -0.308 e. The summed E-state index contributed by atoms with van der Waals surface area (Å²) in [4.78, 5) is 0. The number of aromatic nitrogens is 2. The molecule has 0 spiro atoms. The molecule has 1 aromatic heterocycles. The van der Waals surface area contributed by atoms with Gasteiger partial charge in [0.15, 0.2) is 0 Å². The lowest BCUT2D eigenvalue weighted by Crippen LogP contribution is -2.35. The van der Waals surface area contributed by atoms with E-state index in [1.54, 1.807) is 4.57 Å². The third kappa shape index (κ3) is 3.52. The predicted molar refractivity (Wildman–Crippen MR) is 60.7 cm³/mol. The maximum Gasteiger partial charge on any atom is 0.472 e. The quantitative estimate of drug-likeness (QED) is 0.555. The Morgan fingerprint density at radius 2 is 2.12 bits per heavy atom. The van der Waals surface area contributed by atoms with Gasteiger partial charge in [-0.1, -0.05) is 13.3 Å². The number of aryl methyl sites for hydroxylation is 2. The van der Waals surface area contributed by atoms with Crippen LogP contribution in [0.5, 0.6) is 6.01 Å². The van der Waals surface area contributed by atoms with Crippen LogP contribution in [0.2, 0.25) is 0 Å². The van der Waals surface area contributed by atoms with Gasteiger partial charge < -0.3 is 4.18 Å². The molecule has 1 heterocycles. The second-order valence-corrected chi connectivity index (χ2v) is 5.28. The lowest BCUT2D eigenvalue weighted by atomic mass is 10.3. The van der Waals surface area contributed by atoms with Crippen molar-refractivity contribution >= 4 is 10.1 Å². The van der Waals surface area contributed by atoms with Crippen LogP contribution in [0.3, 0.4) is 0 Å². The minimum atomic E-state index is -3.47. The SMILES string of the molecule is CCCC[n+]1ccn(CC)c1OS(C)(=O)=O. The Balaban J connectivity index is 2.96. The summed E-state index contributed by atoms with van der Waals surface area (Å²) in [7, 11) is -3.47. The summed E-state index contributed by atoms with van der Waals surface area (Å²) in [6.07, 6.45) is 6.79. The standard InChI is InChI=1S/C10H19N2O3S/c1-4-6-7-12-9-8-11(5-2)10(12)15-16(3,13)14/h8-9H,4-7H2,1-3H3/q+1. The zero-order valence-corrected chi connectivity index (χ0v) is 10.8. The van der Waals surface area contributed by atoms with E-state index in [9.17, 15) is 8.42 Å². The first-order valence-electron chi connectivity index (χ1n) is 5.46. The fourth-order valence-corrected chi connectivity index (χ4v) is 1.89. The molecule has 0 aliphatic heterocycles. The summed E-state index contributed by atoms with van der Waals surface area (Å²) in [5.74, 6) is 0. The van der Waals surface area contributed by atoms with E-state index in [0.29, 0.717) is 12.6 Å². The Hall–Kier alpha value is -1.04. The summed E-state index contributed by atoms with van der Waals surface area (Å²) in [6.45, 7) is 5.49. The predicted octanol–water partition coefficient (Wildman–Crippen LogP) is 0.934. The maximum absolute atomic E-state index is 11.1. The molecule has 0 N–H and O–H groups in total. The van der Waals surface area contributed by atoms with Crippen LogP contribution >= 0.6 is 0 Å². The van der Waals surface area contributed by atoms with Gasteiger partial charge in [0.1, 0.15) is 12.4 Å². The van der Waals surface area contributed by atoms with Gasteiger partial charge in [0.2, 0.25) is 0 Å². The molecule has 0 bridgehead atoms. The van der Waals surface area contributed by atoms with E-state index in [2.05, 4.69) is 6.92 Å². The van der Waals surface area contributed by atoms with Crippen LogP contribution in [0.4, 0.5) is 0 Å². The van der Waals surface area contributed by atoms with E-state index in [0.717, 1.165) is 25.6 Å². The second-order valence-electron chi connectivity index (χ2n) is 3.70. The molecule has 0 saturated carbocycles. The van der Waals surface area contributed by atoms with Gasteiger partial charge in [0.05, 0.1) is 19.3 Å². The molecule has 1 rings (SSSR count). The van der Waals surface area contributed by atoms with Crippen LogP contribution in [0, 0.1) is 0 Å². The zero-order valence-electron chi connectivity index (χ0n) is 10.0. The molecule has 92 valence electrons. The van der Waals surface area contributed by atoms with Crippen molar-refractivity contribution in [2.45, 2.75) is 39.8 Å². The van der Waals surface area contributed by atoms with Crippen LogP contribution in [-0.4, -0.2) is 19.2 Å². The Labute approximate surface area is 96.8 Å². The van der Waals surface area contributed by atoms with Crippen LogP contribution in [0.1, 0.15) is 26.7 Å². The molecule has 0 atom stereocenters. The van der Waals surface area contributed by atoms with Gasteiger partial charge in [-0.15, -0.1) is 0 Å². The molecule has 0 aromatic carbocycles. The molecule has 0 unspecified atom stereocenters. The number of imidazole rings is 1. The lowest BCUT2D eigenvalue weighted by Gasteiger charge is -2.02. The van der Waals surface area contributed by atoms with E-state index in [-0.39, 0.29) is 0 Å². The first-order chi connectivity index (χ1) is 7.48. The van der Waals surface area contributed by atoms with Gasteiger partial charge in [0.25, 0.3) is 0 Å². The Kier molecular flexibility index (Phi) is 4.35. The lowest BCUT2D eigenvalue weighted by molar-refractivity contribution is -0.699. The van der Waals surface area contributed by atoms with Crippen molar-refractivity contribution in [1.29, 1.82) is 0 Å². The highest BCUT2D eigenvalue weighted by molar-refractivity contribution is 7.86. The second kappa shape index (κ2) is 5.34. The van der Waals surface area contributed by atoms with E-state index in [1.165, 1.54) is 0 Å². The topological polar surface area (TPSA) is 52.2 Å². The zero-order chi connectivity index (χ0) is 12.2. The molecule has 0 amide bonds. The van der Waals surface area contributed by atoms with Crippen LogP contribution in [0.25, 0.3) is 0 Å². The third-order valence-electron chi connectivity index (χ3n) is 2.24. The average molecular weight is 247 g/mol. The molecule has 16 heavy (non-hydrogen) atoms. The van der Waals surface area contributed by atoms with Crippen molar-refractivity contribution in [3.8, 4) is 6.01 Å². The van der Waals surface area contributed by atoms with Gasteiger partial charge in [-0.2, -0.15) is 17.6 Å². The average Bonchev–Trinajstić information content (AvgIpc) is 2.55. The van der Waals surface area contributed by atoms with Gasteiger partial charge >= 0.3 is 16.1 Å². The van der Waals surface area contributed by atoms with Crippen molar-refractivity contribution in [3.63, 3.8) is 0 Å². The van der Waals surface area contributed by atoms with Gasteiger partial charge in [-0.25, -0.2) is 0 Å². The normalized spacial score (nSPS) is 11.7. The van der Waals surface area contributed by atoms with Gasteiger partial charge in [-0.05, 0) is 13.3 Å². The fraction of sp³-hybridized carbons (Fsp3) is 0.700. The van der Waals surface area contributed by atoms with Crippen molar-refractivity contribution in [1.82, 2.24) is 4.57 Å². The fourth-order valence-electron chi connectivity index (χ4n) is 1.42. The molecular weight excluding hydrogens is 228 g/mol. The van der Waals surface area contributed by atoms with Crippen molar-refractivity contribution in [2.75, 3.05) is 6.26 Å². The van der Waals surface area contributed by atoms with E-state index < -0.39 is 10.1 Å².